The van der Waals surface area contributed by atoms with E-state index in [-0.39, 0.29) is 6.17 Å². The molecule has 4 N–H and O–H groups in total. The standard InChI is InChI=1S/C23H25N7S/c1-2-6-16(7-3-1)14-25-22-21-23(27-15-26-22)31-20(30-21)11-13-24-12-10-19-28-17-8-4-5-9-18(17)29-19/h1-9,15,19,24,28-29H,10-14H2,(H,25,26,27). The summed E-state index contributed by atoms with van der Waals surface area (Å²) < 4.78 is 0. The summed E-state index contributed by atoms with van der Waals surface area (Å²) in [5, 5.41) is 15.0. The Hall–Kier alpha value is -3.23. The zero-order valence-electron chi connectivity index (χ0n) is 17.1. The zero-order valence-corrected chi connectivity index (χ0v) is 18.0. The number of aromatic nitrogens is 3. The summed E-state index contributed by atoms with van der Waals surface area (Å²) in [4.78, 5) is 14.5. The molecular weight excluding hydrogens is 406 g/mol. The number of thiazole rings is 1. The zero-order chi connectivity index (χ0) is 20.9. The number of hydrogen-bond acceptors (Lipinski definition) is 8. The molecule has 0 amide bonds. The minimum atomic E-state index is 0.279. The summed E-state index contributed by atoms with van der Waals surface area (Å²) in [5.41, 5.74) is 4.43. The van der Waals surface area contributed by atoms with Crippen LogP contribution in [0.4, 0.5) is 17.2 Å². The number of nitrogens with zero attached hydrogens (tertiary/aromatic N) is 3. The highest BCUT2D eigenvalue weighted by atomic mass is 32.1. The summed E-state index contributed by atoms with van der Waals surface area (Å²) in [5.74, 6) is 0.794. The molecule has 0 atom stereocenters. The van der Waals surface area contributed by atoms with Crippen LogP contribution in [0.1, 0.15) is 17.0 Å². The molecule has 0 spiro atoms. The number of para-hydroxylation sites is 2. The van der Waals surface area contributed by atoms with Gasteiger partial charge in [-0.25, -0.2) is 15.0 Å². The number of fused-ring (bicyclic) bond motifs is 2. The van der Waals surface area contributed by atoms with Crippen LogP contribution < -0.4 is 21.3 Å². The van der Waals surface area contributed by atoms with Crippen LogP contribution in [-0.4, -0.2) is 34.2 Å². The van der Waals surface area contributed by atoms with Crippen LogP contribution in [0.2, 0.25) is 0 Å². The molecular formula is C23H25N7S. The molecule has 7 nitrogen and oxygen atoms in total. The maximum Gasteiger partial charge on any atom is 0.157 e. The van der Waals surface area contributed by atoms with E-state index in [0.29, 0.717) is 6.54 Å². The first-order valence-corrected chi connectivity index (χ1v) is 11.4. The van der Waals surface area contributed by atoms with Crippen molar-refractivity contribution in [2.45, 2.75) is 25.6 Å². The summed E-state index contributed by atoms with van der Waals surface area (Å²) in [6.07, 6.45) is 3.77. The summed E-state index contributed by atoms with van der Waals surface area (Å²) in [7, 11) is 0. The normalized spacial score (nSPS) is 13.0. The molecule has 1 aliphatic rings. The second-order valence-corrected chi connectivity index (χ2v) is 8.56. The lowest BCUT2D eigenvalue weighted by Gasteiger charge is -2.12. The minimum Gasteiger partial charge on any atom is -0.364 e. The molecule has 1 aliphatic heterocycles. The van der Waals surface area contributed by atoms with E-state index >= 15 is 0 Å². The van der Waals surface area contributed by atoms with E-state index in [4.69, 9.17) is 4.98 Å². The summed E-state index contributed by atoms with van der Waals surface area (Å²) in [6.45, 7) is 2.54. The molecule has 3 heterocycles. The predicted molar refractivity (Wildman–Crippen MR) is 128 cm³/mol. The van der Waals surface area contributed by atoms with E-state index in [2.05, 4.69) is 67.6 Å². The van der Waals surface area contributed by atoms with Crippen molar-refractivity contribution < 1.29 is 0 Å². The van der Waals surface area contributed by atoms with E-state index in [1.165, 1.54) is 16.9 Å². The predicted octanol–water partition coefficient (Wildman–Crippen LogP) is 4.08. The van der Waals surface area contributed by atoms with Crippen molar-refractivity contribution in [2.24, 2.45) is 0 Å². The van der Waals surface area contributed by atoms with Gasteiger partial charge in [-0.05, 0) is 30.7 Å². The Morgan fingerprint density at radius 3 is 2.48 bits per heavy atom. The summed E-state index contributed by atoms with van der Waals surface area (Å²) in [6, 6.07) is 18.6. The molecule has 5 rings (SSSR count). The molecule has 8 heteroatoms. The molecule has 0 aliphatic carbocycles. The van der Waals surface area contributed by atoms with Crippen LogP contribution >= 0.6 is 11.3 Å². The van der Waals surface area contributed by atoms with E-state index < -0.39 is 0 Å². The molecule has 31 heavy (non-hydrogen) atoms. The van der Waals surface area contributed by atoms with Crippen LogP contribution in [0.25, 0.3) is 10.3 Å². The number of rotatable bonds is 9. The molecule has 0 fully saturated rings. The van der Waals surface area contributed by atoms with Gasteiger partial charge in [0, 0.05) is 19.5 Å². The maximum atomic E-state index is 4.79. The monoisotopic (exact) mass is 431 g/mol. The van der Waals surface area contributed by atoms with Crippen LogP contribution in [0.3, 0.4) is 0 Å². The van der Waals surface area contributed by atoms with Gasteiger partial charge in [0.15, 0.2) is 5.82 Å². The third-order valence-electron chi connectivity index (χ3n) is 5.25. The summed E-state index contributed by atoms with van der Waals surface area (Å²) >= 11 is 1.64. The van der Waals surface area contributed by atoms with E-state index in [1.54, 1.807) is 17.7 Å². The maximum absolute atomic E-state index is 4.79. The molecule has 0 unspecified atom stereocenters. The van der Waals surface area contributed by atoms with Gasteiger partial charge in [0.2, 0.25) is 0 Å². The van der Waals surface area contributed by atoms with Gasteiger partial charge in [0.25, 0.3) is 0 Å². The lowest BCUT2D eigenvalue weighted by Crippen LogP contribution is -2.28. The first-order chi connectivity index (χ1) is 15.3. The first kappa shape index (κ1) is 19.7. The Morgan fingerprint density at radius 1 is 0.903 bits per heavy atom. The third-order valence-corrected chi connectivity index (χ3v) is 6.28. The first-order valence-electron chi connectivity index (χ1n) is 10.6. The van der Waals surface area contributed by atoms with Gasteiger partial charge in [-0.2, -0.15) is 0 Å². The number of hydrogen-bond donors (Lipinski definition) is 4. The topological polar surface area (TPSA) is 86.8 Å². The van der Waals surface area contributed by atoms with Crippen LogP contribution in [0.5, 0.6) is 0 Å². The van der Waals surface area contributed by atoms with Gasteiger partial charge >= 0.3 is 0 Å². The van der Waals surface area contributed by atoms with Crippen LogP contribution in [-0.2, 0) is 13.0 Å². The third kappa shape index (κ3) is 4.76. The Kier molecular flexibility index (Phi) is 5.90. The van der Waals surface area contributed by atoms with Crippen LogP contribution in [0, 0.1) is 0 Å². The second kappa shape index (κ2) is 9.28. The molecule has 0 radical (unpaired) electrons. The number of nitrogens with one attached hydrogen (secondary N) is 4. The lowest BCUT2D eigenvalue weighted by atomic mass is 10.2. The average molecular weight is 432 g/mol. The van der Waals surface area contributed by atoms with E-state index in [0.717, 1.165) is 47.1 Å². The SMILES string of the molecule is c1ccc(CNc2ncnc3sc(CCNCCC4Nc5ccccc5N4)nc23)cc1. The quantitative estimate of drug-likeness (QED) is 0.297. The molecule has 158 valence electrons. The highest BCUT2D eigenvalue weighted by molar-refractivity contribution is 7.18. The highest BCUT2D eigenvalue weighted by Crippen LogP contribution is 2.29. The van der Waals surface area contributed by atoms with Gasteiger partial charge in [-0.15, -0.1) is 0 Å². The Balaban J connectivity index is 1.10. The second-order valence-electron chi connectivity index (χ2n) is 7.50. The van der Waals surface area contributed by atoms with Gasteiger partial charge in [0.05, 0.1) is 22.5 Å². The van der Waals surface area contributed by atoms with Crippen LogP contribution in [0.15, 0.2) is 60.9 Å². The average Bonchev–Trinajstić information content (AvgIpc) is 3.41. The van der Waals surface area contributed by atoms with Crippen molar-refractivity contribution in [3.05, 3.63) is 71.5 Å². The number of benzene rings is 2. The van der Waals surface area contributed by atoms with E-state index in [9.17, 15) is 0 Å². The van der Waals surface area contributed by atoms with Gasteiger partial charge in [-0.1, -0.05) is 53.8 Å². The lowest BCUT2D eigenvalue weighted by molar-refractivity contribution is 0.620. The minimum absolute atomic E-state index is 0.279. The van der Waals surface area contributed by atoms with Crippen molar-refractivity contribution >= 4 is 38.9 Å². The Labute approximate surface area is 185 Å². The molecule has 4 aromatic rings. The molecule has 0 bridgehead atoms. The van der Waals surface area contributed by atoms with Gasteiger partial charge < -0.3 is 21.3 Å². The smallest absolute Gasteiger partial charge is 0.157 e. The molecule has 2 aromatic heterocycles. The Morgan fingerprint density at radius 2 is 1.68 bits per heavy atom. The Bertz CT molecular complexity index is 1120. The van der Waals surface area contributed by atoms with Crippen molar-refractivity contribution in [2.75, 3.05) is 29.0 Å². The fourth-order valence-electron chi connectivity index (χ4n) is 3.67. The number of anilines is 3. The highest BCUT2D eigenvalue weighted by Gasteiger charge is 2.17. The fraction of sp³-hybridized carbons (Fsp3) is 0.261. The van der Waals surface area contributed by atoms with E-state index in [1.807, 2.05) is 18.2 Å². The molecule has 0 saturated carbocycles. The molecule has 0 saturated heterocycles. The largest absolute Gasteiger partial charge is 0.364 e. The van der Waals surface area contributed by atoms with Crippen molar-refractivity contribution in [3.8, 4) is 0 Å². The van der Waals surface area contributed by atoms with Crippen molar-refractivity contribution in [1.29, 1.82) is 0 Å². The fourth-order valence-corrected chi connectivity index (χ4v) is 4.58. The van der Waals surface area contributed by atoms with Crippen molar-refractivity contribution in [3.63, 3.8) is 0 Å². The van der Waals surface area contributed by atoms with Crippen molar-refractivity contribution in [1.82, 2.24) is 20.3 Å². The molecule has 2 aromatic carbocycles. The van der Waals surface area contributed by atoms with Gasteiger partial charge in [-0.3, -0.25) is 0 Å². The van der Waals surface area contributed by atoms with Gasteiger partial charge in [0.1, 0.15) is 16.7 Å².